The molecule has 2 heterocycles. The van der Waals surface area contributed by atoms with Gasteiger partial charge < -0.3 is 14.6 Å². The molecule has 4 rings (SSSR count). The average Bonchev–Trinajstić information content (AvgIpc) is 3.19. The Hall–Kier alpha value is -3.08. The van der Waals surface area contributed by atoms with Crippen molar-refractivity contribution < 1.29 is 14.0 Å². The van der Waals surface area contributed by atoms with Gasteiger partial charge in [0, 0.05) is 24.0 Å². The molecule has 0 saturated carbocycles. The van der Waals surface area contributed by atoms with Crippen molar-refractivity contribution in [2.24, 2.45) is 0 Å². The van der Waals surface area contributed by atoms with Gasteiger partial charge in [0.2, 0.25) is 5.91 Å². The maximum atomic E-state index is 12.4. The Morgan fingerprint density at radius 2 is 1.83 bits per heavy atom. The molecule has 1 atom stereocenters. The van der Waals surface area contributed by atoms with Crippen LogP contribution in [-0.4, -0.2) is 24.4 Å². The molecule has 0 spiro atoms. The monoisotopic (exact) mass is 320 g/mol. The molecule has 0 bridgehead atoms. The predicted octanol–water partition coefficient (Wildman–Crippen LogP) is 2.97. The van der Waals surface area contributed by atoms with Gasteiger partial charge in [0.25, 0.3) is 5.91 Å². The smallest absolute Gasteiger partial charge is 0.287 e. The van der Waals surface area contributed by atoms with Gasteiger partial charge in [-0.25, -0.2) is 0 Å². The number of furan rings is 1. The largest absolute Gasteiger partial charge is 0.451 e. The molecule has 120 valence electrons. The summed E-state index contributed by atoms with van der Waals surface area (Å²) in [5, 5.41) is 3.78. The Kier molecular flexibility index (Phi) is 3.54. The van der Waals surface area contributed by atoms with Gasteiger partial charge in [0.1, 0.15) is 5.58 Å². The minimum atomic E-state index is -0.293. The third-order valence-corrected chi connectivity index (χ3v) is 4.18. The first kappa shape index (κ1) is 14.5. The van der Waals surface area contributed by atoms with Crippen LogP contribution in [0.1, 0.15) is 17.0 Å². The third kappa shape index (κ3) is 2.65. The summed E-state index contributed by atoms with van der Waals surface area (Å²) in [6.45, 7) is 0.467. The summed E-state index contributed by atoms with van der Waals surface area (Å²) in [7, 11) is 0. The highest BCUT2D eigenvalue weighted by atomic mass is 16.3. The SMILES string of the molecule is O=C(N[C@H]1CC(=O)N(c2ccccc2)C1)c1cc2ccccc2o1. The highest BCUT2D eigenvalue weighted by Crippen LogP contribution is 2.22. The molecule has 0 aliphatic carbocycles. The second-order valence-electron chi connectivity index (χ2n) is 5.86. The number of rotatable bonds is 3. The molecule has 2 amide bonds. The normalized spacial score (nSPS) is 17.4. The van der Waals surface area contributed by atoms with E-state index in [4.69, 9.17) is 4.42 Å². The summed E-state index contributed by atoms with van der Waals surface area (Å²) in [4.78, 5) is 26.3. The number of carbonyl (C=O) groups excluding carboxylic acids is 2. The summed E-state index contributed by atoms with van der Waals surface area (Å²) in [6.07, 6.45) is 0.293. The van der Waals surface area contributed by atoms with E-state index in [0.29, 0.717) is 18.5 Å². The van der Waals surface area contributed by atoms with E-state index in [1.807, 2.05) is 54.6 Å². The highest BCUT2D eigenvalue weighted by Gasteiger charge is 2.32. The molecule has 0 radical (unpaired) electrons. The van der Waals surface area contributed by atoms with Crippen LogP contribution < -0.4 is 10.2 Å². The van der Waals surface area contributed by atoms with Crippen molar-refractivity contribution in [3.05, 3.63) is 66.4 Å². The quantitative estimate of drug-likeness (QED) is 0.807. The van der Waals surface area contributed by atoms with Gasteiger partial charge in [-0.15, -0.1) is 0 Å². The standard InChI is InChI=1S/C19H16N2O3/c22-18-11-14(12-21(18)15-7-2-1-3-8-15)20-19(23)17-10-13-6-4-5-9-16(13)24-17/h1-10,14H,11-12H2,(H,20,23)/t14-/m0/s1. The van der Waals surface area contributed by atoms with Crippen LogP contribution in [-0.2, 0) is 4.79 Å². The van der Waals surface area contributed by atoms with Gasteiger partial charge >= 0.3 is 0 Å². The van der Waals surface area contributed by atoms with Crippen LogP contribution in [0.3, 0.4) is 0 Å². The Balaban J connectivity index is 1.47. The molecule has 1 fully saturated rings. The number of benzene rings is 2. The lowest BCUT2D eigenvalue weighted by atomic mass is 10.2. The lowest BCUT2D eigenvalue weighted by molar-refractivity contribution is -0.117. The summed E-state index contributed by atoms with van der Waals surface area (Å²) in [5.74, 6) is -0.0168. The van der Waals surface area contributed by atoms with Gasteiger partial charge in [0.05, 0.1) is 6.04 Å². The number of fused-ring (bicyclic) bond motifs is 1. The number of nitrogens with one attached hydrogen (secondary N) is 1. The van der Waals surface area contributed by atoms with Gasteiger partial charge in [-0.3, -0.25) is 9.59 Å². The lowest BCUT2D eigenvalue weighted by Crippen LogP contribution is -2.37. The molecule has 1 N–H and O–H groups in total. The Morgan fingerprint density at radius 3 is 2.62 bits per heavy atom. The summed E-state index contributed by atoms with van der Waals surface area (Å²) < 4.78 is 5.57. The van der Waals surface area contributed by atoms with Gasteiger partial charge in [-0.05, 0) is 24.3 Å². The van der Waals surface area contributed by atoms with Crippen LogP contribution in [0.25, 0.3) is 11.0 Å². The molecule has 1 aromatic heterocycles. The Morgan fingerprint density at radius 1 is 1.08 bits per heavy atom. The van der Waals surface area contributed by atoms with Crippen molar-refractivity contribution in [1.29, 1.82) is 0 Å². The third-order valence-electron chi connectivity index (χ3n) is 4.18. The molecular weight excluding hydrogens is 304 g/mol. The summed E-state index contributed by atoms with van der Waals surface area (Å²) >= 11 is 0. The molecule has 1 aliphatic heterocycles. The number of amides is 2. The van der Waals surface area contributed by atoms with Crippen LogP contribution in [0.5, 0.6) is 0 Å². The predicted molar refractivity (Wildman–Crippen MR) is 90.9 cm³/mol. The topological polar surface area (TPSA) is 62.6 Å². The fourth-order valence-corrected chi connectivity index (χ4v) is 3.01. The number of carbonyl (C=O) groups is 2. The van der Waals surface area contributed by atoms with Crippen molar-refractivity contribution in [3.63, 3.8) is 0 Å². The highest BCUT2D eigenvalue weighted by molar-refractivity contribution is 5.99. The second kappa shape index (κ2) is 5.85. The van der Waals surface area contributed by atoms with Crippen LogP contribution >= 0.6 is 0 Å². The molecule has 1 saturated heterocycles. The lowest BCUT2D eigenvalue weighted by Gasteiger charge is -2.16. The van der Waals surface area contributed by atoms with E-state index >= 15 is 0 Å². The molecule has 2 aromatic carbocycles. The van der Waals surface area contributed by atoms with Crippen molar-refractivity contribution in [3.8, 4) is 0 Å². The zero-order chi connectivity index (χ0) is 16.5. The summed E-state index contributed by atoms with van der Waals surface area (Å²) in [6, 6.07) is 18.4. The minimum absolute atomic E-state index is 0.0103. The van der Waals surface area contributed by atoms with Crippen LogP contribution in [0, 0.1) is 0 Å². The fraction of sp³-hybridized carbons (Fsp3) is 0.158. The first-order valence-corrected chi connectivity index (χ1v) is 7.85. The first-order valence-electron chi connectivity index (χ1n) is 7.85. The van der Waals surface area contributed by atoms with E-state index < -0.39 is 0 Å². The molecule has 0 unspecified atom stereocenters. The number of nitrogens with zero attached hydrogens (tertiary/aromatic N) is 1. The fourth-order valence-electron chi connectivity index (χ4n) is 3.01. The van der Waals surface area contributed by atoms with Crippen LogP contribution in [0.15, 0.2) is 65.1 Å². The van der Waals surface area contributed by atoms with Crippen molar-refractivity contribution in [1.82, 2.24) is 5.32 Å². The zero-order valence-corrected chi connectivity index (χ0v) is 12.9. The van der Waals surface area contributed by atoms with Crippen molar-refractivity contribution in [2.75, 3.05) is 11.4 Å². The van der Waals surface area contributed by atoms with E-state index in [1.165, 1.54) is 0 Å². The van der Waals surface area contributed by atoms with E-state index in [0.717, 1.165) is 11.1 Å². The molecule has 24 heavy (non-hydrogen) atoms. The maximum absolute atomic E-state index is 12.4. The van der Waals surface area contributed by atoms with Crippen molar-refractivity contribution >= 4 is 28.5 Å². The molecule has 1 aliphatic rings. The van der Waals surface area contributed by atoms with Crippen LogP contribution in [0.4, 0.5) is 5.69 Å². The Bertz CT molecular complexity index is 868. The zero-order valence-electron chi connectivity index (χ0n) is 12.9. The molecule has 5 nitrogen and oxygen atoms in total. The van der Waals surface area contributed by atoms with Gasteiger partial charge in [0.15, 0.2) is 5.76 Å². The summed E-state index contributed by atoms with van der Waals surface area (Å²) in [5.41, 5.74) is 1.53. The Labute approximate surface area is 138 Å². The van der Waals surface area contributed by atoms with Crippen LogP contribution in [0.2, 0.25) is 0 Å². The average molecular weight is 320 g/mol. The number of anilines is 1. The molecular formula is C19H16N2O3. The molecule has 3 aromatic rings. The van der Waals surface area contributed by atoms with E-state index in [9.17, 15) is 9.59 Å². The van der Waals surface area contributed by atoms with E-state index in [1.54, 1.807) is 11.0 Å². The number of hydrogen-bond acceptors (Lipinski definition) is 3. The second-order valence-corrected chi connectivity index (χ2v) is 5.86. The van der Waals surface area contributed by atoms with Gasteiger partial charge in [-0.2, -0.15) is 0 Å². The van der Waals surface area contributed by atoms with E-state index in [-0.39, 0.29) is 23.6 Å². The van der Waals surface area contributed by atoms with E-state index in [2.05, 4.69) is 5.32 Å². The first-order chi connectivity index (χ1) is 11.7. The number of hydrogen-bond donors (Lipinski definition) is 1. The molecule has 5 heteroatoms. The maximum Gasteiger partial charge on any atom is 0.287 e. The minimum Gasteiger partial charge on any atom is -0.451 e. The number of para-hydroxylation sites is 2. The van der Waals surface area contributed by atoms with Gasteiger partial charge in [-0.1, -0.05) is 36.4 Å². The van der Waals surface area contributed by atoms with Crippen molar-refractivity contribution in [2.45, 2.75) is 12.5 Å².